The van der Waals surface area contributed by atoms with E-state index < -0.39 is 0 Å². The van der Waals surface area contributed by atoms with Gasteiger partial charge in [0.25, 0.3) is 0 Å². The zero-order chi connectivity index (χ0) is 9.26. The Bertz CT molecular complexity index is 354. The van der Waals surface area contributed by atoms with Crippen LogP contribution < -0.4 is 14.8 Å². The first-order valence-electron chi connectivity index (χ1n) is 3.71. The lowest BCUT2D eigenvalue weighted by Gasteiger charge is -2.17. The number of ether oxygens (including phenoxy) is 1. The van der Waals surface area contributed by atoms with Gasteiger partial charge in [0.1, 0.15) is 5.75 Å². The Morgan fingerprint density at radius 3 is 3.08 bits per heavy atom. The fourth-order valence-electron chi connectivity index (χ4n) is 1.07. The normalized spacial score (nSPS) is 14.1. The molecule has 1 aliphatic rings. The van der Waals surface area contributed by atoms with Gasteiger partial charge in [0.15, 0.2) is 0 Å². The molecule has 4 nitrogen and oxygen atoms in total. The van der Waals surface area contributed by atoms with E-state index in [9.17, 15) is 4.79 Å². The van der Waals surface area contributed by atoms with Crippen molar-refractivity contribution in [3.8, 4) is 5.75 Å². The topological polar surface area (TPSA) is 50.4 Å². The Morgan fingerprint density at radius 1 is 1.46 bits per heavy atom. The van der Waals surface area contributed by atoms with E-state index >= 15 is 0 Å². The van der Waals surface area contributed by atoms with Crippen molar-refractivity contribution >= 4 is 23.7 Å². The van der Waals surface area contributed by atoms with Gasteiger partial charge in [-0.3, -0.25) is 4.72 Å². The average molecular weight is 196 g/mol. The highest BCUT2D eigenvalue weighted by Crippen LogP contribution is 2.31. The van der Waals surface area contributed by atoms with Crippen molar-refractivity contribution in [1.82, 2.24) is 4.72 Å². The second-order valence-electron chi connectivity index (χ2n) is 2.52. The van der Waals surface area contributed by atoms with Gasteiger partial charge in [-0.2, -0.15) is 0 Å². The van der Waals surface area contributed by atoms with Crippen molar-refractivity contribution in [2.45, 2.75) is 4.90 Å². The summed E-state index contributed by atoms with van der Waals surface area (Å²) in [5.74, 6) is 0.782. The lowest BCUT2D eigenvalue weighted by molar-refractivity contribution is 0.257. The molecule has 68 valence electrons. The van der Waals surface area contributed by atoms with E-state index in [2.05, 4.69) is 10.0 Å². The van der Waals surface area contributed by atoms with Crippen molar-refractivity contribution in [3.63, 3.8) is 0 Å². The minimum atomic E-state index is -0.192. The molecule has 0 radical (unpaired) electrons. The predicted molar refractivity (Wildman–Crippen MR) is 51.0 cm³/mol. The number of hydrogen-bond donors (Lipinski definition) is 2. The van der Waals surface area contributed by atoms with E-state index in [0.717, 1.165) is 16.3 Å². The molecule has 5 heteroatoms. The number of amides is 2. The van der Waals surface area contributed by atoms with Gasteiger partial charge in [0.2, 0.25) is 0 Å². The Hall–Kier alpha value is -1.36. The van der Waals surface area contributed by atoms with Crippen LogP contribution in [0.1, 0.15) is 0 Å². The molecule has 0 saturated heterocycles. The third-order valence-corrected chi connectivity index (χ3v) is 2.54. The van der Waals surface area contributed by atoms with Gasteiger partial charge in [-0.15, -0.1) is 0 Å². The zero-order valence-corrected chi connectivity index (χ0v) is 7.77. The second kappa shape index (κ2) is 3.18. The average Bonchev–Trinajstić information content (AvgIpc) is 2.17. The third kappa shape index (κ3) is 1.55. The summed E-state index contributed by atoms with van der Waals surface area (Å²) < 4.78 is 7.65. The Labute approximate surface area is 79.8 Å². The highest BCUT2D eigenvalue weighted by atomic mass is 32.2. The van der Waals surface area contributed by atoms with Gasteiger partial charge in [0.05, 0.1) is 17.7 Å². The van der Waals surface area contributed by atoms with E-state index in [-0.39, 0.29) is 6.03 Å². The Morgan fingerprint density at radius 2 is 2.31 bits per heavy atom. The number of anilines is 1. The molecule has 2 amide bonds. The van der Waals surface area contributed by atoms with Crippen molar-refractivity contribution in [1.29, 1.82) is 0 Å². The summed E-state index contributed by atoms with van der Waals surface area (Å²) in [7, 11) is 1.61. The molecule has 1 aromatic carbocycles. The van der Waals surface area contributed by atoms with Crippen LogP contribution in [-0.2, 0) is 0 Å². The van der Waals surface area contributed by atoms with E-state index in [1.807, 2.05) is 18.2 Å². The lowest BCUT2D eigenvalue weighted by Crippen LogP contribution is -2.26. The molecule has 1 heterocycles. The summed E-state index contributed by atoms with van der Waals surface area (Å²) in [5.41, 5.74) is 0.814. The summed E-state index contributed by atoms with van der Waals surface area (Å²) in [6.45, 7) is 0. The maximum absolute atomic E-state index is 10.9. The first-order chi connectivity index (χ1) is 6.29. The van der Waals surface area contributed by atoms with Crippen LogP contribution in [0.5, 0.6) is 5.75 Å². The highest BCUT2D eigenvalue weighted by molar-refractivity contribution is 7.98. The Kier molecular flexibility index (Phi) is 2.02. The monoisotopic (exact) mass is 196 g/mol. The van der Waals surface area contributed by atoms with Gasteiger partial charge in [-0.1, -0.05) is 0 Å². The van der Waals surface area contributed by atoms with Crippen LogP contribution in [0.25, 0.3) is 0 Å². The molecule has 0 unspecified atom stereocenters. The third-order valence-electron chi connectivity index (χ3n) is 1.69. The summed E-state index contributed by atoms with van der Waals surface area (Å²) in [5, 5.41) is 2.68. The molecule has 0 aliphatic carbocycles. The summed E-state index contributed by atoms with van der Waals surface area (Å²) >= 11 is 1.28. The molecule has 2 rings (SSSR count). The quantitative estimate of drug-likeness (QED) is 0.674. The van der Waals surface area contributed by atoms with Crippen molar-refractivity contribution < 1.29 is 9.53 Å². The van der Waals surface area contributed by atoms with E-state index in [0.29, 0.717) is 0 Å². The van der Waals surface area contributed by atoms with Crippen molar-refractivity contribution in [2.75, 3.05) is 12.4 Å². The molecular formula is C8H8N2O2S. The van der Waals surface area contributed by atoms with Crippen LogP contribution in [0, 0.1) is 0 Å². The zero-order valence-electron chi connectivity index (χ0n) is 6.96. The van der Waals surface area contributed by atoms with Gasteiger partial charge >= 0.3 is 6.03 Å². The van der Waals surface area contributed by atoms with Gasteiger partial charge in [-0.25, -0.2) is 4.79 Å². The van der Waals surface area contributed by atoms with Crippen LogP contribution in [0.3, 0.4) is 0 Å². The minimum absolute atomic E-state index is 0.192. The maximum Gasteiger partial charge on any atom is 0.329 e. The van der Waals surface area contributed by atoms with Gasteiger partial charge < -0.3 is 10.1 Å². The van der Waals surface area contributed by atoms with Gasteiger partial charge in [0, 0.05) is 0 Å². The van der Waals surface area contributed by atoms with Crippen molar-refractivity contribution in [3.05, 3.63) is 18.2 Å². The number of urea groups is 1. The number of hydrogen-bond acceptors (Lipinski definition) is 3. The van der Waals surface area contributed by atoms with Crippen LogP contribution >= 0.6 is 11.9 Å². The SMILES string of the molecule is COc1ccc2c(c1)SNC(=O)N2. The van der Waals surface area contributed by atoms with Crippen LogP contribution in [0.2, 0.25) is 0 Å². The fraction of sp³-hybridized carbons (Fsp3) is 0.125. The van der Waals surface area contributed by atoms with Crippen molar-refractivity contribution in [2.24, 2.45) is 0 Å². The molecule has 13 heavy (non-hydrogen) atoms. The van der Waals surface area contributed by atoms with E-state index in [1.165, 1.54) is 11.9 Å². The molecule has 0 aromatic heterocycles. The molecule has 0 fully saturated rings. The smallest absolute Gasteiger partial charge is 0.329 e. The second-order valence-corrected chi connectivity index (χ2v) is 3.37. The number of carbonyl (C=O) groups excluding carboxylic acids is 1. The number of methoxy groups -OCH3 is 1. The minimum Gasteiger partial charge on any atom is -0.497 e. The summed E-state index contributed by atoms with van der Waals surface area (Å²) in [6, 6.07) is 5.31. The van der Waals surface area contributed by atoms with Gasteiger partial charge in [-0.05, 0) is 30.1 Å². The fourth-order valence-corrected chi connectivity index (χ4v) is 1.72. The molecule has 0 atom stereocenters. The molecule has 0 saturated carbocycles. The molecule has 1 aromatic rings. The van der Waals surface area contributed by atoms with Crippen LogP contribution in [0.15, 0.2) is 23.1 Å². The number of benzene rings is 1. The highest BCUT2D eigenvalue weighted by Gasteiger charge is 2.14. The predicted octanol–water partition coefficient (Wildman–Crippen LogP) is 1.84. The molecule has 1 aliphatic heterocycles. The Balaban J connectivity index is 2.36. The van der Waals surface area contributed by atoms with Crippen LogP contribution in [0.4, 0.5) is 10.5 Å². The molecular weight excluding hydrogens is 188 g/mol. The molecule has 0 bridgehead atoms. The standard InChI is InChI=1S/C8H8N2O2S/c1-12-5-2-3-6-7(4-5)13-10-8(11)9-6/h2-4H,1H3,(H2,9,10,11). The number of carbonyl (C=O) groups is 1. The maximum atomic E-state index is 10.9. The molecule has 2 N–H and O–H groups in total. The summed E-state index contributed by atoms with van der Waals surface area (Å²) in [6.07, 6.45) is 0. The lowest BCUT2D eigenvalue weighted by atomic mass is 10.3. The molecule has 0 spiro atoms. The number of rotatable bonds is 1. The first kappa shape index (κ1) is 8.25. The van der Waals surface area contributed by atoms with Crippen LogP contribution in [-0.4, -0.2) is 13.1 Å². The first-order valence-corrected chi connectivity index (χ1v) is 4.53. The largest absolute Gasteiger partial charge is 0.497 e. The van der Waals surface area contributed by atoms with E-state index in [4.69, 9.17) is 4.74 Å². The summed E-state index contributed by atoms with van der Waals surface area (Å²) in [4.78, 5) is 11.9. The van der Waals surface area contributed by atoms with E-state index in [1.54, 1.807) is 7.11 Å². The number of fused-ring (bicyclic) bond motifs is 1. The number of nitrogens with one attached hydrogen (secondary N) is 2.